The fourth-order valence-electron chi connectivity index (χ4n) is 2.33. The Morgan fingerprint density at radius 3 is 3.00 bits per heavy atom. The van der Waals surface area contributed by atoms with Crippen molar-refractivity contribution in [2.45, 2.75) is 26.8 Å². The lowest BCUT2D eigenvalue weighted by Gasteiger charge is -2.02. The first-order valence-corrected chi connectivity index (χ1v) is 6.71. The Hall–Kier alpha value is -2.36. The van der Waals surface area contributed by atoms with E-state index in [4.69, 9.17) is 4.42 Å². The predicted octanol–water partition coefficient (Wildman–Crippen LogP) is 3.38. The highest BCUT2D eigenvalue weighted by Crippen LogP contribution is 2.21. The third-order valence-electron chi connectivity index (χ3n) is 3.41. The Balaban J connectivity index is 1.89. The zero-order valence-electron chi connectivity index (χ0n) is 11.6. The lowest BCUT2D eigenvalue weighted by atomic mass is 10.1. The second-order valence-corrected chi connectivity index (χ2v) is 4.88. The number of hydrogen-bond acceptors (Lipinski definition) is 3. The third-order valence-corrected chi connectivity index (χ3v) is 3.41. The van der Waals surface area contributed by atoms with Crippen LogP contribution in [-0.4, -0.2) is 15.3 Å². The molecule has 0 atom stereocenters. The molecule has 2 heterocycles. The number of aromatic nitrogens is 2. The number of Topliss-reactive ketones (excluding diaryl/α,β-unsaturated/α-hetero) is 1. The van der Waals surface area contributed by atoms with Crippen LogP contribution in [0.3, 0.4) is 0 Å². The van der Waals surface area contributed by atoms with Gasteiger partial charge in [-0.3, -0.25) is 4.79 Å². The fraction of sp³-hybridized carbons (Fsp3) is 0.250. The number of carbonyl (C=O) groups is 1. The standard InChI is InChI=1S/C16H16N2O2/c1-3-18-7-6-17-16(18)10-13(19)15-9-12-8-11(2)4-5-14(12)20-15/h4-9H,3,10H2,1-2H3. The lowest BCUT2D eigenvalue weighted by Crippen LogP contribution is -2.08. The number of fused-ring (bicyclic) bond motifs is 1. The first kappa shape index (κ1) is 12.7. The summed E-state index contributed by atoms with van der Waals surface area (Å²) in [5.74, 6) is 1.13. The van der Waals surface area contributed by atoms with Gasteiger partial charge < -0.3 is 8.98 Å². The summed E-state index contributed by atoms with van der Waals surface area (Å²) in [4.78, 5) is 16.5. The summed E-state index contributed by atoms with van der Waals surface area (Å²) in [5.41, 5.74) is 1.90. The number of furan rings is 1. The van der Waals surface area contributed by atoms with Crippen LogP contribution < -0.4 is 0 Å². The Morgan fingerprint density at radius 2 is 2.20 bits per heavy atom. The van der Waals surface area contributed by atoms with Crippen molar-refractivity contribution >= 4 is 16.8 Å². The number of aryl methyl sites for hydroxylation is 2. The molecule has 0 saturated heterocycles. The van der Waals surface area contributed by atoms with Crippen molar-refractivity contribution in [3.63, 3.8) is 0 Å². The predicted molar refractivity (Wildman–Crippen MR) is 76.9 cm³/mol. The fourth-order valence-corrected chi connectivity index (χ4v) is 2.33. The molecule has 0 spiro atoms. The van der Waals surface area contributed by atoms with Crippen LogP contribution in [-0.2, 0) is 13.0 Å². The van der Waals surface area contributed by atoms with E-state index in [0.717, 1.165) is 28.9 Å². The van der Waals surface area contributed by atoms with Crippen molar-refractivity contribution in [1.29, 1.82) is 0 Å². The van der Waals surface area contributed by atoms with E-state index in [1.54, 1.807) is 6.20 Å². The highest BCUT2D eigenvalue weighted by atomic mass is 16.3. The molecule has 4 nitrogen and oxygen atoms in total. The molecule has 0 unspecified atom stereocenters. The van der Waals surface area contributed by atoms with E-state index < -0.39 is 0 Å². The molecule has 3 aromatic rings. The van der Waals surface area contributed by atoms with Crippen LogP contribution in [0.1, 0.15) is 28.9 Å². The van der Waals surface area contributed by atoms with Crippen LogP contribution in [0.25, 0.3) is 11.0 Å². The van der Waals surface area contributed by atoms with Gasteiger partial charge in [0.25, 0.3) is 0 Å². The minimum Gasteiger partial charge on any atom is -0.453 e. The van der Waals surface area contributed by atoms with Gasteiger partial charge in [0.05, 0.1) is 6.42 Å². The summed E-state index contributed by atoms with van der Waals surface area (Å²) < 4.78 is 7.58. The maximum absolute atomic E-state index is 12.3. The molecule has 20 heavy (non-hydrogen) atoms. The first-order valence-electron chi connectivity index (χ1n) is 6.71. The Morgan fingerprint density at radius 1 is 1.35 bits per heavy atom. The average Bonchev–Trinajstić information content (AvgIpc) is 3.04. The number of rotatable bonds is 4. The van der Waals surface area contributed by atoms with Crippen LogP contribution in [0.5, 0.6) is 0 Å². The SMILES string of the molecule is CCn1ccnc1CC(=O)c1cc2cc(C)ccc2o1. The van der Waals surface area contributed by atoms with E-state index in [1.807, 2.05) is 48.9 Å². The summed E-state index contributed by atoms with van der Waals surface area (Å²) in [5, 5.41) is 0.965. The molecule has 0 N–H and O–H groups in total. The van der Waals surface area contributed by atoms with Gasteiger partial charge in [-0.15, -0.1) is 0 Å². The number of imidazole rings is 1. The largest absolute Gasteiger partial charge is 0.453 e. The Labute approximate surface area is 117 Å². The summed E-state index contributed by atoms with van der Waals surface area (Å²) >= 11 is 0. The zero-order valence-corrected chi connectivity index (χ0v) is 11.6. The van der Waals surface area contributed by atoms with Gasteiger partial charge in [0.15, 0.2) is 5.76 Å². The summed E-state index contributed by atoms with van der Waals surface area (Å²) in [6.07, 6.45) is 3.86. The maximum atomic E-state index is 12.3. The van der Waals surface area contributed by atoms with E-state index in [0.29, 0.717) is 5.76 Å². The molecule has 4 heteroatoms. The van der Waals surface area contributed by atoms with E-state index >= 15 is 0 Å². The number of carbonyl (C=O) groups excluding carboxylic acids is 1. The molecule has 102 valence electrons. The summed E-state index contributed by atoms with van der Waals surface area (Å²) in [6.45, 7) is 4.85. The van der Waals surface area contributed by atoms with E-state index in [9.17, 15) is 4.79 Å². The van der Waals surface area contributed by atoms with Gasteiger partial charge in [0.1, 0.15) is 11.4 Å². The normalized spacial score (nSPS) is 11.1. The number of nitrogens with zero attached hydrogens (tertiary/aromatic N) is 2. The summed E-state index contributed by atoms with van der Waals surface area (Å²) in [7, 11) is 0. The number of hydrogen-bond donors (Lipinski definition) is 0. The van der Waals surface area contributed by atoms with Crippen LogP contribution in [0.15, 0.2) is 41.1 Å². The molecule has 0 saturated carbocycles. The summed E-state index contributed by atoms with van der Waals surface area (Å²) in [6, 6.07) is 7.70. The van der Waals surface area contributed by atoms with Gasteiger partial charge in [-0.25, -0.2) is 4.98 Å². The van der Waals surface area contributed by atoms with Crippen molar-refractivity contribution in [2.24, 2.45) is 0 Å². The molecule has 0 aliphatic carbocycles. The van der Waals surface area contributed by atoms with Gasteiger partial charge >= 0.3 is 0 Å². The highest BCUT2D eigenvalue weighted by molar-refractivity contribution is 5.98. The van der Waals surface area contributed by atoms with Crippen molar-refractivity contribution in [3.05, 3.63) is 53.8 Å². The Bertz CT molecular complexity index is 768. The Kier molecular flexibility index (Phi) is 3.14. The third kappa shape index (κ3) is 2.25. The minimum absolute atomic E-state index is 0.0419. The quantitative estimate of drug-likeness (QED) is 0.681. The molecule has 0 aliphatic heterocycles. The molecule has 1 aromatic carbocycles. The highest BCUT2D eigenvalue weighted by Gasteiger charge is 2.15. The zero-order chi connectivity index (χ0) is 14.1. The number of ketones is 1. The number of benzene rings is 1. The lowest BCUT2D eigenvalue weighted by molar-refractivity contribution is 0.0965. The van der Waals surface area contributed by atoms with Crippen LogP contribution in [0.2, 0.25) is 0 Å². The molecule has 0 aliphatic rings. The van der Waals surface area contributed by atoms with Crippen LogP contribution in [0.4, 0.5) is 0 Å². The van der Waals surface area contributed by atoms with E-state index in [1.165, 1.54) is 0 Å². The molecule has 0 bridgehead atoms. The van der Waals surface area contributed by atoms with Crippen LogP contribution in [0, 0.1) is 6.92 Å². The smallest absolute Gasteiger partial charge is 0.205 e. The first-order chi connectivity index (χ1) is 9.67. The molecule has 0 fully saturated rings. The minimum atomic E-state index is -0.0419. The van der Waals surface area contributed by atoms with Gasteiger partial charge in [-0.05, 0) is 32.0 Å². The van der Waals surface area contributed by atoms with Crippen molar-refractivity contribution in [3.8, 4) is 0 Å². The van der Waals surface area contributed by atoms with Crippen molar-refractivity contribution in [1.82, 2.24) is 9.55 Å². The molecule has 0 radical (unpaired) electrons. The molecule has 0 amide bonds. The topological polar surface area (TPSA) is 48.0 Å². The van der Waals surface area contributed by atoms with Gasteiger partial charge in [-0.1, -0.05) is 11.6 Å². The second kappa shape index (κ2) is 4.96. The van der Waals surface area contributed by atoms with Crippen molar-refractivity contribution < 1.29 is 9.21 Å². The van der Waals surface area contributed by atoms with Gasteiger partial charge in [0, 0.05) is 24.3 Å². The maximum Gasteiger partial charge on any atom is 0.205 e. The molecule has 2 aromatic heterocycles. The van der Waals surface area contributed by atoms with Crippen LogP contribution >= 0.6 is 0 Å². The second-order valence-electron chi connectivity index (χ2n) is 4.88. The molecule has 3 rings (SSSR count). The van der Waals surface area contributed by atoms with Crippen molar-refractivity contribution in [2.75, 3.05) is 0 Å². The average molecular weight is 268 g/mol. The monoisotopic (exact) mass is 268 g/mol. The van der Waals surface area contributed by atoms with E-state index in [-0.39, 0.29) is 12.2 Å². The molecular formula is C16H16N2O2. The van der Waals surface area contributed by atoms with Gasteiger partial charge in [0.2, 0.25) is 5.78 Å². The molecular weight excluding hydrogens is 252 g/mol. The van der Waals surface area contributed by atoms with Gasteiger partial charge in [-0.2, -0.15) is 0 Å². The van der Waals surface area contributed by atoms with E-state index in [2.05, 4.69) is 4.98 Å².